The molecule has 1 unspecified atom stereocenters. The van der Waals surface area contributed by atoms with E-state index in [0.717, 1.165) is 12.8 Å². The maximum absolute atomic E-state index is 13.3. The van der Waals surface area contributed by atoms with E-state index < -0.39 is 0 Å². The van der Waals surface area contributed by atoms with Crippen molar-refractivity contribution in [2.45, 2.75) is 51.4 Å². The molecule has 0 bridgehead atoms. The number of Topliss-reactive ketones (excluding diaryl/α,β-unsaturated/α-hetero) is 1. The van der Waals surface area contributed by atoms with Crippen molar-refractivity contribution in [2.24, 2.45) is 0 Å². The Balaban J connectivity index is 1.76. The number of aromatic nitrogens is 4. The summed E-state index contributed by atoms with van der Waals surface area (Å²) >= 11 is 1.24. The minimum atomic E-state index is -0.214. The number of ether oxygens (including phenoxy) is 1. The number of nitrogens with one attached hydrogen (secondary N) is 1. The Kier molecular flexibility index (Phi) is 7.73. The Hall–Kier alpha value is -3.66. The van der Waals surface area contributed by atoms with E-state index >= 15 is 0 Å². The number of benzene rings is 2. The van der Waals surface area contributed by atoms with Gasteiger partial charge in [-0.25, -0.2) is 0 Å². The van der Waals surface area contributed by atoms with Gasteiger partial charge in [0.1, 0.15) is 5.75 Å². The third-order valence-corrected chi connectivity index (χ3v) is 6.94. The molecule has 0 aliphatic carbocycles. The first-order valence-electron chi connectivity index (χ1n) is 11.9. The highest BCUT2D eigenvalue weighted by Crippen LogP contribution is 2.24. The Morgan fingerprint density at radius 2 is 1.81 bits per heavy atom. The lowest BCUT2D eigenvalue weighted by atomic mass is 10.1. The van der Waals surface area contributed by atoms with Crippen molar-refractivity contribution in [3.63, 3.8) is 0 Å². The van der Waals surface area contributed by atoms with Gasteiger partial charge in [-0.1, -0.05) is 25.6 Å². The predicted octanol–water partition coefficient (Wildman–Crippen LogP) is 3.97. The van der Waals surface area contributed by atoms with Crippen LogP contribution in [0.2, 0.25) is 0 Å². The highest BCUT2D eigenvalue weighted by molar-refractivity contribution is 7.99. The zero-order chi connectivity index (χ0) is 25.8. The Bertz CT molecular complexity index is 1480. The standard InChI is InChI=1S/C26H29N5O4S/c1-5-13-30-24(34)20-12-9-18(23(33)27-16(3)6-2)14-21(20)31-25(30)28-29-26(31)36-15-22(32)17-7-10-19(35-4)11-8-17/h7-12,14,16H,5-6,13,15H2,1-4H3,(H,27,33). The van der Waals surface area contributed by atoms with Gasteiger partial charge in [0.05, 0.1) is 23.8 Å². The van der Waals surface area contributed by atoms with E-state index in [-0.39, 0.29) is 29.0 Å². The maximum atomic E-state index is 13.3. The van der Waals surface area contributed by atoms with Crippen molar-refractivity contribution in [2.75, 3.05) is 12.9 Å². The molecule has 4 aromatic rings. The Morgan fingerprint density at radius 3 is 2.47 bits per heavy atom. The number of nitrogens with zero attached hydrogens (tertiary/aromatic N) is 4. The number of rotatable bonds is 10. The van der Waals surface area contributed by atoms with Crippen LogP contribution in [0.25, 0.3) is 16.7 Å². The second-order valence-electron chi connectivity index (χ2n) is 8.53. The van der Waals surface area contributed by atoms with Gasteiger partial charge in [-0.3, -0.25) is 23.4 Å². The SMILES string of the molecule is CCCn1c(=O)c2ccc(C(=O)NC(C)CC)cc2n2c(SCC(=O)c3ccc(OC)cc3)nnc12. The lowest BCUT2D eigenvalue weighted by Gasteiger charge is -2.13. The molecule has 2 aromatic carbocycles. The van der Waals surface area contributed by atoms with E-state index in [9.17, 15) is 14.4 Å². The van der Waals surface area contributed by atoms with Crippen LogP contribution in [0.1, 0.15) is 54.3 Å². The lowest BCUT2D eigenvalue weighted by molar-refractivity contribution is 0.0938. The van der Waals surface area contributed by atoms with Crippen LogP contribution in [0, 0.1) is 0 Å². The molecule has 1 amide bonds. The van der Waals surface area contributed by atoms with Crippen molar-refractivity contribution < 1.29 is 14.3 Å². The molecule has 0 aliphatic rings. The van der Waals surface area contributed by atoms with Crippen molar-refractivity contribution in [3.05, 3.63) is 63.9 Å². The molecule has 0 saturated carbocycles. The van der Waals surface area contributed by atoms with Crippen LogP contribution in [0.5, 0.6) is 5.75 Å². The smallest absolute Gasteiger partial charge is 0.262 e. The average Bonchev–Trinajstić information content (AvgIpc) is 3.33. The van der Waals surface area contributed by atoms with Crippen LogP contribution in [0.15, 0.2) is 52.4 Å². The third kappa shape index (κ3) is 4.99. The molecular weight excluding hydrogens is 478 g/mol. The first kappa shape index (κ1) is 25.4. The summed E-state index contributed by atoms with van der Waals surface area (Å²) in [5.74, 6) is 0.910. The van der Waals surface area contributed by atoms with Gasteiger partial charge in [0, 0.05) is 23.7 Å². The molecule has 2 heterocycles. The zero-order valence-corrected chi connectivity index (χ0v) is 21.6. The Labute approximate surface area is 212 Å². The number of carbonyl (C=O) groups is 2. The number of thioether (sulfide) groups is 1. The molecular formula is C26H29N5O4S. The molecule has 0 saturated heterocycles. The van der Waals surface area contributed by atoms with Gasteiger partial charge < -0.3 is 10.1 Å². The monoisotopic (exact) mass is 507 g/mol. The first-order chi connectivity index (χ1) is 17.4. The largest absolute Gasteiger partial charge is 0.497 e. The fraction of sp³-hybridized carbons (Fsp3) is 0.346. The fourth-order valence-electron chi connectivity index (χ4n) is 3.84. The number of methoxy groups -OCH3 is 1. The number of hydrogen-bond donors (Lipinski definition) is 1. The topological polar surface area (TPSA) is 108 Å². The summed E-state index contributed by atoms with van der Waals surface area (Å²) in [6.45, 7) is 6.39. The van der Waals surface area contributed by atoms with Gasteiger partial charge in [-0.05, 0) is 62.2 Å². The van der Waals surface area contributed by atoms with Gasteiger partial charge in [-0.15, -0.1) is 10.2 Å². The number of aryl methyl sites for hydroxylation is 1. The van der Waals surface area contributed by atoms with Crippen LogP contribution >= 0.6 is 11.8 Å². The minimum absolute atomic E-state index is 0.0239. The number of hydrogen-bond acceptors (Lipinski definition) is 7. The van der Waals surface area contributed by atoms with Crippen molar-refractivity contribution in [1.82, 2.24) is 24.5 Å². The number of carbonyl (C=O) groups excluding carboxylic acids is 2. The van der Waals surface area contributed by atoms with E-state index in [1.165, 1.54) is 11.8 Å². The molecule has 0 aliphatic heterocycles. The summed E-state index contributed by atoms with van der Waals surface area (Å²) in [6.07, 6.45) is 1.54. The number of amides is 1. The summed E-state index contributed by atoms with van der Waals surface area (Å²) in [6, 6.07) is 12.0. The summed E-state index contributed by atoms with van der Waals surface area (Å²) in [5, 5.41) is 12.5. The van der Waals surface area contributed by atoms with Crippen molar-refractivity contribution >= 4 is 40.1 Å². The van der Waals surface area contributed by atoms with E-state index in [1.807, 2.05) is 20.8 Å². The normalized spacial score (nSPS) is 12.1. The van der Waals surface area contributed by atoms with Crippen LogP contribution < -0.4 is 15.6 Å². The van der Waals surface area contributed by atoms with Gasteiger partial charge in [0.2, 0.25) is 5.78 Å². The predicted molar refractivity (Wildman–Crippen MR) is 140 cm³/mol. The maximum Gasteiger partial charge on any atom is 0.262 e. The second-order valence-corrected chi connectivity index (χ2v) is 9.47. The highest BCUT2D eigenvalue weighted by Gasteiger charge is 2.19. The van der Waals surface area contributed by atoms with Gasteiger partial charge in [0.15, 0.2) is 10.9 Å². The van der Waals surface area contributed by atoms with Crippen molar-refractivity contribution in [1.29, 1.82) is 0 Å². The van der Waals surface area contributed by atoms with E-state index in [1.54, 1.807) is 58.5 Å². The Morgan fingerprint density at radius 1 is 1.08 bits per heavy atom. The van der Waals surface area contributed by atoms with Gasteiger partial charge in [-0.2, -0.15) is 0 Å². The lowest BCUT2D eigenvalue weighted by Crippen LogP contribution is -2.32. The van der Waals surface area contributed by atoms with E-state index in [2.05, 4.69) is 15.5 Å². The highest BCUT2D eigenvalue weighted by atomic mass is 32.2. The average molecular weight is 508 g/mol. The summed E-state index contributed by atoms with van der Waals surface area (Å²) in [7, 11) is 1.57. The number of fused-ring (bicyclic) bond motifs is 3. The van der Waals surface area contributed by atoms with Gasteiger partial charge >= 0.3 is 0 Å². The summed E-state index contributed by atoms with van der Waals surface area (Å²) in [5.41, 5.74) is 1.35. The molecule has 0 spiro atoms. The molecule has 36 heavy (non-hydrogen) atoms. The first-order valence-corrected chi connectivity index (χ1v) is 12.9. The molecule has 10 heteroatoms. The van der Waals surface area contributed by atoms with Crippen LogP contribution in [0.4, 0.5) is 0 Å². The summed E-state index contributed by atoms with van der Waals surface area (Å²) in [4.78, 5) is 38.9. The van der Waals surface area contributed by atoms with Crippen molar-refractivity contribution in [3.8, 4) is 5.75 Å². The molecule has 1 atom stereocenters. The minimum Gasteiger partial charge on any atom is -0.497 e. The second kappa shape index (κ2) is 10.9. The fourth-order valence-corrected chi connectivity index (χ4v) is 4.68. The van der Waals surface area contributed by atoms with Crippen LogP contribution in [-0.2, 0) is 6.54 Å². The summed E-state index contributed by atoms with van der Waals surface area (Å²) < 4.78 is 8.51. The molecule has 0 fully saturated rings. The number of ketones is 1. The van der Waals surface area contributed by atoms with Gasteiger partial charge in [0.25, 0.3) is 11.5 Å². The molecule has 2 aromatic heterocycles. The van der Waals surface area contributed by atoms with Crippen LogP contribution in [0.3, 0.4) is 0 Å². The van der Waals surface area contributed by atoms with Crippen LogP contribution in [-0.4, -0.2) is 49.8 Å². The van der Waals surface area contributed by atoms with E-state index in [0.29, 0.717) is 45.3 Å². The molecule has 4 rings (SSSR count). The molecule has 1 N–H and O–H groups in total. The quantitative estimate of drug-likeness (QED) is 0.256. The third-order valence-electron chi connectivity index (χ3n) is 6.02. The molecule has 188 valence electrons. The molecule has 9 nitrogen and oxygen atoms in total. The zero-order valence-electron chi connectivity index (χ0n) is 20.8. The van der Waals surface area contributed by atoms with E-state index in [4.69, 9.17) is 4.74 Å². The molecule has 0 radical (unpaired) electrons.